The van der Waals surface area contributed by atoms with E-state index in [1.54, 1.807) is 25.3 Å². The molecular weight excluding hydrogens is 241 g/mol. The second kappa shape index (κ2) is 5.13. The number of piperidine rings is 1. The lowest BCUT2D eigenvalue weighted by atomic mass is 9.99. The van der Waals surface area contributed by atoms with Crippen LogP contribution in [-0.2, 0) is 0 Å². The van der Waals surface area contributed by atoms with Gasteiger partial charge in [-0.25, -0.2) is 9.37 Å². The Morgan fingerprint density at radius 2 is 2.26 bits per heavy atom. The third kappa shape index (κ3) is 2.54. The molecule has 0 amide bonds. The lowest BCUT2D eigenvalue weighted by Gasteiger charge is -2.20. The zero-order valence-corrected chi connectivity index (χ0v) is 11.0. The molecule has 1 aliphatic rings. The monoisotopic (exact) mass is 259 g/mol. The number of nitrogens with zero attached hydrogens (tertiary/aromatic N) is 1. The summed E-state index contributed by atoms with van der Waals surface area (Å²) in [6.45, 7) is 3.83. The van der Waals surface area contributed by atoms with Gasteiger partial charge in [-0.1, -0.05) is 12.1 Å². The van der Waals surface area contributed by atoms with Gasteiger partial charge in [0, 0.05) is 18.0 Å². The van der Waals surface area contributed by atoms with E-state index in [1.807, 2.05) is 6.07 Å². The molecule has 1 unspecified atom stereocenters. The topological polar surface area (TPSA) is 40.7 Å². The molecule has 0 aliphatic carbocycles. The molecule has 1 fully saturated rings. The van der Waals surface area contributed by atoms with Crippen molar-refractivity contribution in [3.8, 4) is 11.3 Å². The third-order valence-electron chi connectivity index (χ3n) is 3.76. The fourth-order valence-electron chi connectivity index (χ4n) is 2.54. The van der Waals surface area contributed by atoms with Crippen molar-refractivity contribution >= 4 is 0 Å². The number of benzene rings is 1. The Hall–Kier alpha value is -1.68. The van der Waals surface area contributed by atoms with Gasteiger partial charge in [0.2, 0.25) is 0 Å². The van der Waals surface area contributed by atoms with Crippen LogP contribution in [0.3, 0.4) is 0 Å². The van der Waals surface area contributed by atoms with Crippen LogP contribution in [0.15, 0.2) is 24.4 Å². The standard InChI is InChI=1S/C15H18FN3/c1-10-4-5-11(7-13(10)16)14-9-18-15(19-14)12-3-2-6-17-8-12/h4-5,7,9,12,17H,2-3,6,8H2,1H3,(H,18,19). The zero-order chi connectivity index (χ0) is 13.2. The molecule has 0 saturated carbocycles. The number of hydrogen-bond donors (Lipinski definition) is 2. The first-order valence-corrected chi connectivity index (χ1v) is 6.76. The highest BCUT2D eigenvalue weighted by molar-refractivity contribution is 5.59. The van der Waals surface area contributed by atoms with E-state index in [9.17, 15) is 4.39 Å². The maximum atomic E-state index is 13.6. The van der Waals surface area contributed by atoms with Gasteiger partial charge in [0.1, 0.15) is 11.6 Å². The van der Waals surface area contributed by atoms with Crippen LogP contribution in [0, 0.1) is 12.7 Å². The molecule has 1 aliphatic heterocycles. The van der Waals surface area contributed by atoms with Crippen LogP contribution in [0.4, 0.5) is 4.39 Å². The van der Waals surface area contributed by atoms with Gasteiger partial charge in [-0.2, -0.15) is 0 Å². The van der Waals surface area contributed by atoms with Crippen molar-refractivity contribution in [2.24, 2.45) is 0 Å². The molecule has 100 valence electrons. The summed E-state index contributed by atoms with van der Waals surface area (Å²) in [5.74, 6) is 1.27. The van der Waals surface area contributed by atoms with Crippen molar-refractivity contribution in [2.75, 3.05) is 13.1 Å². The highest BCUT2D eigenvalue weighted by Crippen LogP contribution is 2.25. The molecule has 1 atom stereocenters. The fraction of sp³-hybridized carbons (Fsp3) is 0.400. The van der Waals surface area contributed by atoms with Gasteiger partial charge in [0.05, 0.1) is 11.9 Å². The molecule has 19 heavy (non-hydrogen) atoms. The minimum Gasteiger partial charge on any atom is -0.342 e. The van der Waals surface area contributed by atoms with Crippen molar-refractivity contribution < 1.29 is 4.39 Å². The average Bonchev–Trinajstić information content (AvgIpc) is 2.93. The van der Waals surface area contributed by atoms with Gasteiger partial charge < -0.3 is 10.3 Å². The number of nitrogens with one attached hydrogen (secondary N) is 2. The molecule has 4 heteroatoms. The molecule has 0 spiro atoms. The molecule has 2 N–H and O–H groups in total. The fourth-order valence-corrected chi connectivity index (χ4v) is 2.54. The predicted molar refractivity (Wildman–Crippen MR) is 73.6 cm³/mol. The Morgan fingerprint density at radius 3 is 3.00 bits per heavy atom. The van der Waals surface area contributed by atoms with E-state index in [1.165, 1.54) is 6.42 Å². The Morgan fingerprint density at radius 1 is 1.37 bits per heavy atom. The van der Waals surface area contributed by atoms with Crippen LogP contribution in [0.1, 0.15) is 30.1 Å². The number of aryl methyl sites for hydroxylation is 1. The molecule has 1 saturated heterocycles. The van der Waals surface area contributed by atoms with Gasteiger partial charge in [-0.3, -0.25) is 0 Å². The highest BCUT2D eigenvalue weighted by atomic mass is 19.1. The largest absolute Gasteiger partial charge is 0.342 e. The van der Waals surface area contributed by atoms with E-state index < -0.39 is 0 Å². The maximum Gasteiger partial charge on any atom is 0.126 e. The summed E-state index contributed by atoms with van der Waals surface area (Å²) in [4.78, 5) is 7.78. The van der Waals surface area contributed by atoms with Crippen LogP contribution in [0.25, 0.3) is 11.3 Å². The molecule has 3 nitrogen and oxygen atoms in total. The SMILES string of the molecule is Cc1ccc(-c2cnc(C3CCCNC3)[nH]2)cc1F. The summed E-state index contributed by atoms with van der Waals surface area (Å²) < 4.78 is 13.6. The first-order valence-electron chi connectivity index (χ1n) is 6.76. The van der Waals surface area contributed by atoms with Gasteiger partial charge in [0.15, 0.2) is 0 Å². The number of hydrogen-bond acceptors (Lipinski definition) is 2. The Bertz CT molecular complexity index is 571. The molecule has 1 aromatic heterocycles. The maximum absolute atomic E-state index is 13.6. The van der Waals surface area contributed by atoms with Crippen LogP contribution >= 0.6 is 0 Å². The van der Waals surface area contributed by atoms with Crippen molar-refractivity contribution in [3.63, 3.8) is 0 Å². The summed E-state index contributed by atoms with van der Waals surface area (Å²) >= 11 is 0. The summed E-state index contributed by atoms with van der Waals surface area (Å²) in [5, 5.41) is 3.38. The molecule has 0 bridgehead atoms. The van der Waals surface area contributed by atoms with E-state index in [0.29, 0.717) is 11.5 Å². The van der Waals surface area contributed by atoms with Crippen LogP contribution in [0.5, 0.6) is 0 Å². The lowest BCUT2D eigenvalue weighted by Crippen LogP contribution is -2.28. The number of aromatic nitrogens is 2. The second-order valence-electron chi connectivity index (χ2n) is 5.19. The molecular formula is C15H18FN3. The number of aromatic amines is 1. The minimum atomic E-state index is -0.173. The van der Waals surface area contributed by atoms with Crippen molar-refractivity contribution in [3.05, 3.63) is 41.6 Å². The first kappa shape index (κ1) is 12.4. The number of imidazole rings is 1. The van der Waals surface area contributed by atoms with E-state index in [-0.39, 0.29) is 5.82 Å². The number of H-pyrrole nitrogens is 1. The normalized spacial score (nSPS) is 19.6. The number of rotatable bonds is 2. The second-order valence-corrected chi connectivity index (χ2v) is 5.19. The van der Waals surface area contributed by atoms with Crippen LogP contribution in [0.2, 0.25) is 0 Å². The van der Waals surface area contributed by atoms with Crippen molar-refractivity contribution in [1.29, 1.82) is 0 Å². The summed E-state index contributed by atoms with van der Waals surface area (Å²) in [7, 11) is 0. The third-order valence-corrected chi connectivity index (χ3v) is 3.76. The minimum absolute atomic E-state index is 0.173. The molecule has 1 aromatic carbocycles. The van der Waals surface area contributed by atoms with Gasteiger partial charge >= 0.3 is 0 Å². The van der Waals surface area contributed by atoms with Gasteiger partial charge in [-0.15, -0.1) is 0 Å². The van der Waals surface area contributed by atoms with Crippen molar-refractivity contribution in [2.45, 2.75) is 25.7 Å². The Labute approximate surface area is 112 Å². The molecule has 2 aromatic rings. The van der Waals surface area contributed by atoms with Gasteiger partial charge in [0.25, 0.3) is 0 Å². The lowest BCUT2D eigenvalue weighted by molar-refractivity contribution is 0.449. The first-order chi connectivity index (χ1) is 9.24. The Balaban J connectivity index is 1.85. The van der Waals surface area contributed by atoms with E-state index in [2.05, 4.69) is 15.3 Å². The predicted octanol–water partition coefficient (Wildman–Crippen LogP) is 2.99. The quantitative estimate of drug-likeness (QED) is 0.870. The average molecular weight is 259 g/mol. The smallest absolute Gasteiger partial charge is 0.126 e. The van der Waals surface area contributed by atoms with E-state index in [4.69, 9.17) is 0 Å². The van der Waals surface area contributed by atoms with E-state index in [0.717, 1.165) is 36.6 Å². The van der Waals surface area contributed by atoms with Crippen LogP contribution < -0.4 is 5.32 Å². The molecule has 0 radical (unpaired) electrons. The zero-order valence-electron chi connectivity index (χ0n) is 11.0. The molecule has 3 rings (SSSR count). The highest BCUT2D eigenvalue weighted by Gasteiger charge is 2.18. The van der Waals surface area contributed by atoms with Crippen LogP contribution in [-0.4, -0.2) is 23.1 Å². The molecule has 2 heterocycles. The Kier molecular flexibility index (Phi) is 3.34. The summed E-state index contributed by atoms with van der Waals surface area (Å²) in [6.07, 6.45) is 4.14. The summed E-state index contributed by atoms with van der Waals surface area (Å²) in [6, 6.07) is 5.29. The summed E-state index contributed by atoms with van der Waals surface area (Å²) in [5.41, 5.74) is 2.41. The van der Waals surface area contributed by atoms with Gasteiger partial charge in [-0.05, 0) is 37.9 Å². The van der Waals surface area contributed by atoms with E-state index >= 15 is 0 Å². The van der Waals surface area contributed by atoms with Crippen molar-refractivity contribution in [1.82, 2.24) is 15.3 Å². The number of halogens is 1.